The highest BCUT2D eigenvalue weighted by Gasteiger charge is 2.47. The summed E-state index contributed by atoms with van der Waals surface area (Å²) in [6, 6.07) is 15.6. The fourth-order valence-corrected chi connectivity index (χ4v) is 1.80. The molecule has 6 heteroatoms. The summed E-state index contributed by atoms with van der Waals surface area (Å²) in [7, 11) is 0. The van der Waals surface area contributed by atoms with E-state index < -0.39 is 16.1 Å². The number of nitro groups is 1. The molecular formula is C14H10ClNO4. The Morgan fingerprint density at radius 1 is 1.05 bits per heavy atom. The molecule has 5 nitrogen and oxygen atoms in total. The largest absolute Gasteiger partial charge is 0.473 e. The van der Waals surface area contributed by atoms with Gasteiger partial charge in [-0.3, -0.25) is 10.1 Å². The predicted octanol–water partition coefficient (Wildman–Crippen LogP) is 3.17. The van der Waals surface area contributed by atoms with E-state index in [4.69, 9.17) is 16.3 Å². The molecule has 2 aromatic rings. The van der Waals surface area contributed by atoms with E-state index in [1.165, 1.54) is 24.3 Å². The van der Waals surface area contributed by atoms with Crippen LogP contribution in [0.15, 0.2) is 60.7 Å². The van der Waals surface area contributed by atoms with Gasteiger partial charge in [-0.15, -0.1) is 0 Å². The van der Waals surface area contributed by atoms with Gasteiger partial charge in [-0.2, -0.15) is 0 Å². The Labute approximate surface area is 119 Å². The average molecular weight is 292 g/mol. The van der Waals surface area contributed by atoms with Crippen molar-refractivity contribution in [3.63, 3.8) is 0 Å². The molecule has 0 heterocycles. The summed E-state index contributed by atoms with van der Waals surface area (Å²) >= 11 is 5.90. The molecule has 0 aliphatic carbocycles. The van der Waals surface area contributed by atoms with Gasteiger partial charge in [0.15, 0.2) is 0 Å². The molecule has 2 aromatic carbocycles. The number of benzene rings is 2. The Morgan fingerprint density at radius 3 is 2.05 bits per heavy atom. The standard InChI is InChI=1S/C14H10ClNO4/c15-14(16(18)19,12-9-5-2-6-10-12)20-13(17)11-7-3-1-4-8-11/h1-10H. The second kappa shape index (κ2) is 5.71. The lowest BCUT2D eigenvalue weighted by atomic mass is 10.2. The first-order chi connectivity index (χ1) is 9.54. The Balaban J connectivity index is 2.32. The van der Waals surface area contributed by atoms with Crippen LogP contribution >= 0.6 is 11.6 Å². The lowest BCUT2D eigenvalue weighted by Gasteiger charge is -2.18. The number of hydrogen-bond donors (Lipinski definition) is 0. The Kier molecular flexibility index (Phi) is 4.00. The highest BCUT2D eigenvalue weighted by molar-refractivity contribution is 6.22. The van der Waals surface area contributed by atoms with Gasteiger partial charge < -0.3 is 4.74 Å². The van der Waals surface area contributed by atoms with Crippen LogP contribution in [0.3, 0.4) is 0 Å². The zero-order chi connectivity index (χ0) is 14.6. The molecule has 0 aliphatic rings. The molecule has 20 heavy (non-hydrogen) atoms. The second-order valence-electron chi connectivity index (χ2n) is 3.94. The zero-order valence-corrected chi connectivity index (χ0v) is 11.0. The van der Waals surface area contributed by atoms with Gasteiger partial charge >= 0.3 is 11.2 Å². The first-order valence-corrected chi connectivity index (χ1v) is 6.09. The van der Waals surface area contributed by atoms with E-state index in [0.717, 1.165) is 0 Å². The molecule has 1 unspecified atom stereocenters. The fourth-order valence-electron chi connectivity index (χ4n) is 1.60. The second-order valence-corrected chi connectivity index (χ2v) is 4.45. The van der Waals surface area contributed by atoms with Crippen molar-refractivity contribution in [2.45, 2.75) is 5.18 Å². The minimum absolute atomic E-state index is 0.0796. The predicted molar refractivity (Wildman–Crippen MR) is 72.8 cm³/mol. The number of ether oxygens (including phenoxy) is 1. The summed E-state index contributed by atoms with van der Waals surface area (Å²) in [5.41, 5.74) is 0.270. The average Bonchev–Trinajstić information content (AvgIpc) is 2.48. The van der Waals surface area contributed by atoms with E-state index in [1.54, 1.807) is 36.4 Å². The van der Waals surface area contributed by atoms with Crippen molar-refractivity contribution in [1.82, 2.24) is 0 Å². The topological polar surface area (TPSA) is 69.4 Å². The van der Waals surface area contributed by atoms with Crippen molar-refractivity contribution in [1.29, 1.82) is 0 Å². The summed E-state index contributed by atoms with van der Waals surface area (Å²) in [6.07, 6.45) is 0. The van der Waals surface area contributed by atoms with E-state index in [1.807, 2.05) is 0 Å². The molecule has 0 fully saturated rings. The Bertz CT molecular complexity index is 618. The third-order valence-corrected chi connectivity index (χ3v) is 3.04. The number of halogens is 1. The van der Waals surface area contributed by atoms with Crippen molar-refractivity contribution in [2.24, 2.45) is 0 Å². The maximum absolute atomic E-state index is 11.9. The molecule has 2 rings (SSSR count). The molecule has 0 saturated carbocycles. The van der Waals surface area contributed by atoms with Crippen LogP contribution in [0, 0.1) is 10.1 Å². The van der Waals surface area contributed by atoms with Crippen molar-refractivity contribution >= 4 is 17.6 Å². The molecule has 1 atom stereocenters. The summed E-state index contributed by atoms with van der Waals surface area (Å²) < 4.78 is 4.90. The number of esters is 1. The van der Waals surface area contributed by atoms with E-state index in [-0.39, 0.29) is 11.1 Å². The van der Waals surface area contributed by atoms with Gasteiger partial charge in [0.25, 0.3) is 0 Å². The maximum Gasteiger partial charge on any atom is 0.473 e. The smallest absolute Gasteiger partial charge is 0.375 e. The molecular weight excluding hydrogens is 282 g/mol. The van der Waals surface area contributed by atoms with Gasteiger partial charge in [0.2, 0.25) is 0 Å². The molecule has 0 bridgehead atoms. The van der Waals surface area contributed by atoms with Crippen molar-refractivity contribution < 1.29 is 14.5 Å². The number of carbonyl (C=O) groups excluding carboxylic acids is 1. The number of nitrogens with zero attached hydrogens (tertiary/aromatic N) is 1. The van der Waals surface area contributed by atoms with Gasteiger partial charge in [0.1, 0.15) is 0 Å². The number of hydrogen-bond acceptors (Lipinski definition) is 4. The van der Waals surface area contributed by atoms with Gasteiger partial charge in [0, 0.05) is 11.6 Å². The van der Waals surface area contributed by atoms with Crippen LogP contribution in [0.1, 0.15) is 15.9 Å². The lowest BCUT2D eigenvalue weighted by Crippen LogP contribution is -2.34. The summed E-state index contributed by atoms with van der Waals surface area (Å²) in [5.74, 6) is -0.860. The first-order valence-electron chi connectivity index (χ1n) is 5.71. The monoisotopic (exact) mass is 291 g/mol. The first kappa shape index (κ1) is 14.0. The van der Waals surface area contributed by atoms with Crippen molar-refractivity contribution in [3.05, 3.63) is 81.9 Å². The summed E-state index contributed by atoms with van der Waals surface area (Å²) in [6.45, 7) is 0. The van der Waals surface area contributed by atoms with E-state index in [9.17, 15) is 14.9 Å². The molecule has 102 valence electrons. The molecule has 0 aromatic heterocycles. The number of carbonyl (C=O) groups is 1. The molecule has 0 aliphatic heterocycles. The van der Waals surface area contributed by atoms with Crippen molar-refractivity contribution in [2.75, 3.05) is 0 Å². The van der Waals surface area contributed by atoms with Crippen LogP contribution in [0.4, 0.5) is 0 Å². The van der Waals surface area contributed by atoms with Crippen LogP contribution in [0.2, 0.25) is 0 Å². The Morgan fingerprint density at radius 2 is 1.55 bits per heavy atom. The van der Waals surface area contributed by atoms with E-state index in [2.05, 4.69) is 0 Å². The van der Waals surface area contributed by atoms with Crippen LogP contribution in [-0.4, -0.2) is 10.9 Å². The molecule has 0 spiro atoms. The summed E-state index contributed by atoms with van der Waals surface area (Å²) in [5, 5.41) is 8.75. The highest BCUT2D eigenvalue weighted by Crippen LogP contribution is 2.32. The quantitative estimate of drug-likeness (QED) is 0.217. The Hall–Kier alpha value is -2.40. The summed E-state index contributed by atoms with van der Waals surface area (Å²) in [4.78, 5) is 22.3. The molecule has 0 saturated heterocycles. The minimum atomic E-state index is -2.44. The van der Waals surface area contributed by atoms with Gasteiger partial charge in [-0.05, 0) is 24.3 Å². The number of rotatable bonds is 4. The van der Waals surface area contributed by atoms with Crippen LogP contribution in [-0.2, 0) is 9.92 Å². The molecule has 0 radical (unpaired) electrons. The normalized spacial score (nSPS) is 13.2. The lowest BCUT2D eigenvalue weighted by molar-refractivity contribution is -0.599. The zero-order valence-electron chi connectivity index (χ0n) is 10.2. The van der Waals surface area contributed by atoms with Crippen LogP contribution in [0.25, 0.3) is 0 Å². The highest BCUT2D eigenvalue weighted by atomic mass is 35.5. The molecule has 0 N–H and O–H groups in total. The van der Waals surface area contributed by atoms with E-state index in [0.29, 0.717) is 0 Å². The number of alkyl halides is 1. The third-order valence-electron chi connectivity index (χ3n) is 2.60. The van der Waals surface area contributed by atoms with Crippen LogP contribution < -0.4 is 0 Å². The van der Waals surface area contributed by atoms with Gasteiger partial charge in [-0.25, -0.2) is 4.79 Å². The van der Waals surface area contributed by atoms with Crippen LogP contribution in [0.5, 0.6) is 0 Å². The SMILES string of the molecule is O=C(OC(Cl)(c1ccccc1)[N+](=O)[O-])c1ccccc1. The fraction of sp³-hybridized carbons (Fsp3) is 0.0714. The maximum atomic E-state index is 11.9. The van der Waals surface area contributed by atoms with E-state index >= 15 is 0 Å². The third kappa shape index (κ3) is 2.78. The molecule has 0 amide bonds. The van der Waals surface area contributed by atoms with Gasteiger partial charge in [0.05, 0.1) is 16.1 Å². The van der Waals surface area contributed by atoms with Crippen molar-refractivity contribution in [3.8, 4) is 0 Å². The minimum Gasteiger partial charge on any atom is -0.375 e. The van der Waals surface area contributed by atoms with Gasteiger partial charge in [-0.1, -0.05) is 36.4 Å².